The van der Waals surface area contributed by atoms with Gasteiger partial charge in [-0.3, -0.25) is 0 Å². The Labute approximate surface area is 127 Å². The van der Waals surface area contributed by atoms with Crippen LogP contribution in [-0.4, -0.2) is 16.6 Å². The molecule has 0 spiro atoms. The number of fused-ring (bicyclic) bond motifs is 1. The van der Waals surface area contributed by atoms with Crippen LogP contribution in [0, 0.1) is 0 Å². The molecule has 1 aromatic carbocycles. The van der Waals surface area contributed by atoms with Crippen molar-refractivity contribution in [3.05, 3.63) is 34.7 Å². The standard InChI is InChI=1S/C15H22O4Si2/c1-20(2,3)18-13-9-11-7-8-15(16)17-12(11)10-14(13)19-21(4,5)6/h7-10H,1-6H3. The number of benzene rings is 1. The van der Waals surface area contributed by atoms with Gasteiger partial charge in [0.1, 0.15) is 17.1 Å². The quantitative estimate of drug-likeness (QED) is 0.624. The fourth-order valence-corrected chi connectivity index (χ4v) is 3.53. The molecule has 0 radical (unpaired) electrons. The van der Waals surface area contributed by atoms with Crippen LogP contribution in [0.2, 0.25) is 39.3 Å². The van der Waals surface area contributed by atoms with E-state index < -0.39 is 16.6 Å². The van der Waals surface area contributed by atoms with Gasteiger partial charge in [0, 0.05) is 17.5 Å². The van der Waals surface area contributed by atoms with Gasteiger partial charge in [-0.25, -0.2) is 4.79 Å². The molecule has 0 N–H and O–H groups in total. The summed E-state index contributed by atoms with van der Waals surface area (Å²) in [4.78, 5) is 11.4. The molecule has 4 nitrogen and oxygen atoms in total. The highest BCUT2D eigenvalue weighted by Gasteiger charge is 2.23. The molecule has 1 heterocycles. The van der Waals surface area contributed by atoms with Crippen LogP contribution in [0.3, 0.4) is 0 Å². The van der Waals surface area contributed by atoms with E-state index >= 15 is 0 Å². The van der Waals surface area contributed by atoms with Crippen LogP contribution in [0.5, 0.6) is 11.5 Å². The van der Waals surface area contributed by atoms with Gasteiger partial charge in [-0.15, -0.1) is 0 Å². The number of rotatable bonds is 4. The molecule has 0 unspecified atom stereocenters. The molecule has 0 amide bonds. The molecule has 0 aliphatic carbocycles. The van der Waals surface area contributed by atoms with Crippen LogP contribution in [0.25, 0.3) is 11.0 Å². The molecule has 0 aliphatic heterocycles. The van der Waals surface area contributed by atoms with Gasteiger partial charge in [0.15, 0.2) is 0 Å². The van der Waals surface area contributed by atoms with Crippen molar-refractivity contribution >= 4 is 27.6 Å². The topological polar surface area (TPSA) is 48.7 Å². The third-order valence-electron chi connectivity index (χ3n) is 2.52. The van der Waals surface area contributed by atoms with Crippen molar-refractivity contribution in [1.29, 1.82) is 0 Å². The first-order valence-electron chi connectivity index (χ1n) is 6.99. The summed E-state index contributed by atoms with van der Waals surface area (Å²) in [5, 5.41) is 0.839. The summed E-state index contributed by atoms with van der Waals surface area (Å²) in [6.45, 7) is 12.7. The zero-order valence-electron chi connectivity index (χ0n) is 13.4. The maximum absolute atomic E-state index is 11.4. The van der Waals surface area contributed by atoms with E-state index in [1.165, 1.54) is 6.07 Å². The minimum atomic E-state index is -1.79. The summed E-state index contributed by atoms with van der Waals surface area (Å²) in [5.74, 6) is 1.40. The lowest BCUT2D eigenvalue weighted by Gasteiger charge is -2.26. The Kier molecular flexibility index (Phi) is 4.03. The Morgan fingerprint density at radius 1 is 0.857 bits per heavy atom. The molecule has 21 heavy (non-hydrogen) atoms. The fraction of sp³-hybridized carbons (Fsp3) is 0.400. The van der Waals surface area contributed by atoms with Crippen molar-refractivity contribution in [2.45, 2.75) is 39.3 Å². The van der Waals surface area contributed by atoms with E-state index in [0.717, 1.165) is 11.1 Å². The van der Waals surface area contributed by atoms with Crippen LogP contribution in [0.4, 0.5) is 0 Å². The average molecular weight is 323 g/mol. The lowest BCUT2D eigenvalue weighted by Crippen LogP contribution is -2.32. The van der Waals surface area contributed by atoms with E-state index in [-0.39, 0.29) is 5.63 Å². The summed E-state index contributed by atoms with van der Waals surface area (Å²) >= 11 is 0. The minimum Gasteiger partial charge on any atom is -0.542 e. The minimum absolute atomic E-state index is 0.361. The van der Waals surface area contributed by atoms with Gasteiger partial charge in [0.2, 0.25) is 16.6 Å². The van der Waals surface area contributed by atoms with Crippen LogP contribution < -0.4 is 14.5 Å². The number of hydrogen-bond donors (Lipinski definition) is 0. The molecule has 2 rings (SSSR count). The molecule has 0 saturated carbocycles. The molecule has 0 atom stereocenters. The van der Waals surface area contributed by atoms with Gasteiger partial charge in [-0.05, 0) is 51.4 Å². The van der Waals surface area contributed by atoms with E-state index in [0.29, 0.717) is 11.3 Å². The van der Waals surface area contributed by atoms with Crippen LogP contribution in [-0.2, 0) is 0 Å². The monoisotopic (exact) mass is 322 g/mol. The van der Waals surface area contributed by atoms with Crippen LogP contribution in [0.15, 0.2) is 33.5 Å². The molecule has 1 aromatic heterocycles. The van der Waals surface area contributed by atoms with E-state index in [1.54, 1.807) is 12.1 Å². The Morgan fingerprint density at radius 3 is 1.90 bits per heavy atom. The fourth-order valence-electron chi connectivity index (χ4n) is 1.90. The second-order valence-corrected chi connectivity index (χ2v) is 15.9. The normalized spacial score (nSPS) is 12.5. The maximum Gasteiger partial charge on any atom is 0.336 e. The van der Waals surface area contributed by atoms with Crippen molar-refractivity contribution in [2.75, 3.05) is 0 Å². The summed E-state index contributed by atoms with van der Waals surface area (Å²) < 4.78 is 17.5. The second kappa shape index (κ2) is 5.34. The van der Waals surface area contributed by atoms with Crippen molar-refractivity contribution in [3.63, 3.8) is 0 Å². The van der Waals surface area contributed by atoms with Gasteiger partial charge in [-0.2, -0.15) is 0 Å². The zero-order valence-corrected chi connectivity index (χ0v) is 15.4. The zero-order chi connectivity index (χ0) is 15.8. The summed E-state index contributed by atoms with van der Waals surface area (Å²) in [7, 11) is -3.55. The molecule has 114 valence electrons. The van der Waals surface area contributed by atoms with E-state index in [2.05, 4.69) is 39.3 Å². The van der Waals surface area contributed by atoms with Gasteiger partial charge in [0.05, 0.1) is 0 Å². The average Bonchev–Trinajstić information content (AvgIpc) is 2.26. The first-order chi connectivity index (χ1) is 9.53. The van der Waals surface area contributed by atoms with Crippen molar-refractivity contribution in [1.82, 2.24) is 0 Å². The van der Waals surface area contributed by atoms with E-state index in [1.807, 2.05) is 6.07 Å². The van der Waals surface area contributed by atoms with E-state index in [4.69, 9.17) is 13.3 Å². The molecule has 6 heteroatoms. The molecule has 0 fully saturated rings. The highest BCUT2D eigenvalue weighted by atomic mass is 28.4. The van der Waals surface area contributed by atoms with Crippen LogP contribution in [0.1, 0.15) is 0 Å². The Hall–Kier alpha value is -1.54. The van der Waals surface area contributed by atoms with Crippen molar-refractivity contribution < 1.29 is 13.3 Å². The molecule has 0 aliphatic rings. The van der Waals surface area contributed by atoms with Crippen LogP contribution >= 0.6 is 0 Å². The predicted molar refractivity (Wildman–Crippen MR) is 90.4 cm³/mol. The second-order valence-electron chi connectivity index (χ2n) is 7.02. The highest BCUT2D eigenvalue weighted by Crippen LogP contribution is 2.35. The SMILES string of the molecule is C[Si](C)(C)Oc1cc2ccc(=O)oc2cc1O[Si](C)(C)C. The lowest BCUT2D eigenvalue weighted by molar-refractivity contribution is 0.486. The molecule has 0 saturated heterocycles. The van der Waals surface area contributed by atoms with Gasteiger partial charge < -0.3 is 13.3 Å². The summed E-state index contributed by atoms with van der Waals surface area (Å²) in [6, 6.07) is 6.83. The first kappa shape index (κ1) is 15.8. The molecule has 2 aromatic rings. The van der Waals surface area contributed by atoms with Crippen molar-refractivity contribution in [2.24, 2.45) is 0 Å². The third kappa shape index (κ3) is 4.47. The summed E-state index contributed by atoms with van der Waals surface area (Å²) in [6.07, 6.45) is 0. The first-order valence-corrected chi connectivity index (χ1v) is 13.8. The summed E-state index contributed by atoms with van der Waals surface area (Å²) in [5.41, 5.74) is 0.166. The third-order valence-corrected chi connectivity index (χ3v) is 4.18. The van der Waals surface area contributed by atoms with Gasteiger partial charge >= 0.3 is 5.63 Å². The highest BCUT2D eigenvalue weighted by molar-refractivity contribution is 6.71. The predicted octanol–water partition coefficient (Wildman–Crippen LogP) is 4.22. The van der Waals surface area contributed by atoms with Crippen molar-refractivity contribution in [3.8, 4) is 11.5 Å². The molecule has 0 bridgehead atoms. The Balaban J connectivity index is 2.59. The van der Waals surface area contributed by atoms with E-state index in [9.17, 15) is 4.79 Å². The van der Waals surface area contributed by atoms with Gasteiger partial charge in [-0.1, -0.05) is 0 Å². The Morgan fingerprint density at radius 2 is 1.38 bits per heavy atom. The largest absolute Gasteiger partial charge is 0.542 e. The number of hydrogen-bond acceptors (Lipinski definition) is 4. The Bertz CT molecular complexity index is 708. The maximum atomic E-state index is 11.4. The lowest BCUT2D eigenvalue weighted by atomic mass is 10.2. The molecular weight excluding hydrogens is 300 g/mol. The van der Waals surface area contributed by atoms with Gasteiger partial charge in [0.25, 0.3) is 0 Å². The molecular formula is C15H22O4Si2. The smallest absolute Gasteiger partial charge is 0.336 e.